The van der Waals surface area contributed by atoms with E-state index in [0.717, 1.165) is 18.4 Å². The maximum atomic E-state index is 12.4. The molecule has 23 heavy (non-hydrogen) atoms. The third-order valence-corrected chi connectivity index (χ3v) is 4.92. The maximum Gasteiger partial charge on any atom is 0.273 e. The Balaban J connectivity index is 1.70. The number of nitrogens with zero attached hydrogens (tertiary/aromatic N) is 1. The van der Waals surface area contributed by atoms with Gasteiger partial charge >= 0.3 is 0 Å². The largest absolute Gasteiger partial charge is 0.444 e. The highest BCUT2D eigenvalue weighted by Crippen LogP contribution is 2.29. The molecule has 5 nitrogen and oxygen atoms in total. The topological polar surface area (TPSA) is 81.2 Å². The maximum absolute atomic E-state index is 12.4. The molecule has 3 N–H and O–H groups in total. The van der Waals surface area contributed by atoms with Gasteiger partial charge < -0.3 is 15.5 Å². The number of nitrogens with two attached hydrogens (primary N) is 1. The summed E-state index contributed by atoms with van der Waals surface area (Å²) in [4.78, 5) is 16.7. The first-order valence-corrected chi connectivity index (χ1v) is 8.17. The molecule has 122 valence electrons. The standard InChI is InChI=1S/C18H23N3O2/c1-11-4-3-5-15(12(11)2)20-17(22)16-10-23-18(21-16)13-6-8-14(19)9-7-13/h6-12,15H,3-5,19H2,1-2H3,(H,20,22). The molecule has 2 aromatic rings. The predicted octanol–water partition coefficient (Wildman–Crippen LogP) is 3.48. The summed E-state index contributed by atoms with van der Waals surface area (Å²) in [5.74, 6) is 1.38. The monoisotopic (exact) mass is 313 g/mol. The number of amides is 1. The van der Waals surface area contributed by atoms with Crippen LogP contribution < -0.4 is 11.1 Å². The molecule has 1 aromatic carbocycles. The summed E-state index contributed by atoms with van der Waals surface area (Å²) in [7, 11) is 0. The number of rotatable bonds is 3. The number of carbonyl (C=O) groups is 1. The zero-order chi connectivity index (χ0) is 16.4. The van der Waals surface area contributed by atoms with Crippen LogP contribution in [0.3, 0.4) is 0 Å². The number of nitrogen functional groups attached to an aromatic ring is 1. The second-order valence-corrected chi connectivity index (χ2v) is 6.51. The van der Waals surface area contributed by atoms with Crippen LogP contribution in [-0.4, -0.2) is 16.9 Å². The Morgan fingerprint density at radius 3 is 2.74 bits per heavy atom. The average Bonchev–Trinajstić information content (AvgIpc) is 3.02. The summed E-state index contributed by atoms with van der Waals surface area (Å²) in [6, 6.07) is 7.43. The molecule has 1 aliphatic carbocycles. The number of nitrogens with one attached hydrogen (secondary N) is 1. The van der Waals surface area contributed by atoms with E-state index in [9.17, 15) is 4.79 Å². The van der Waals surface area contributed by atoms with E-state index >= 15 is 0 Å². The summed E-state index contributed by atoms with van der Waals surface area (Å²) >= 11 is 0. The van der Waals surface area contributed by atoms with E-state index in [1.54, 1.807) is 12.1 Å². The van der Waals surface area contributed by atoms with E-state index in [2.05, 4.69) is 24.1 Å². The summed E-state index contributed by atoms with van der Waals surface area (Å²) in [5.41, 5.74) is 7.48. The minimum Gasteiger partial charge on any atom is -0.444 e. The Kier molecular flexibility index (Phi) is 4.37. The van der Waals surface area contributed by atoms with Gasteiger partial charge in [0.05, 0.1) is 0 Å². The molecule has 0 saturated heterocycles. The van der Waals surface area contributed by atoms with Gasteiger partial charge in [-0.3, -0.25) is 4.79 Å². The zero-order valence-electron chi connectivity index (χ0n) is 13.6. The summed E-state index contributed by atoms with van der Waals surface area (Å²) in [6.45, 7) is 4.45. The summed E-state index contributed by atoms with van der Waals surface area (Å²) < 4.78 is 5.44. The van der Waals surface area contributed by atoms with Crippen molar-refractivity contribution in [1.29, 1.82) is 0 Å². The van der Waals surface area contributed by atoms with Gasteiger partial charge in [-0.25, -0.2) is 4.98 Å². The molecule has 1 amide bonds. The average molecular weight is 313 g/mol. The van der Waals surface area contributed by atoms with Crippen molar-refractivity contribution in [2.75, 3.05) is 5.73 Å². The highest BCUT2D eigenvalue weighted by Gasteiger charge is 2.29. The molecule has 1 heterocycles. The number of hydrogen-bond donors (Lipinski definition) is 2. The number of oxazole rings is 1. The summed E-state index contributed by atoms with van der Waals surface area (Å²) in [6.07, 6.45) is 4.84. The van der Waals surface area contributed by atoms with Gasteiger partial charge in [-0.15, -0.1) is 0 Å². The van der Waals surface area contributed by atoms with Crippen LogP contribution in [0, 0.1) is 11.8 Å². The van der Waals surface area contributed by atoms with Gasteiger partial charge in [-0.05, 0) is 42.5 Å². The zero-order valence-corrected chi connectivity index (χ0v) is 13.6. The number of anilines is 1. The molecule has 0 radical (unpaired) electrons. The smallest absolute Gasteiger partial charge is 0.273 e. The first kappa shape index (κ1) is 15.6. The Bertz CT molecular complexity index is 678. The van der Waals surface area contributed by atoms with E-state index in [0.29, 0.717) is 29.1 Å². The molecule has 5 heteroatoms. The number of aromatic nitrogens is 1. The molecule has 1 saturated carbocycles. The fourth-order valence-electron chi connectivity index (χ4n) is 3.16. The molecule has 3 atom stereocenters. The third kappa shape index (κ3) is 3.38. The van der Waals surface area contributed by atoms with Crippen molar-refractivity contribution in [3.8, 4) is 11.5 Å². The van der Waals surface area contributed by atoms with Crippen LogP contribution >= 0.6 is 0 Å². The van der Waals surface area contributed by atoms with E-state index in [1.165, 1.54) is 12.7 Å². The second-order valence-electron chi connectivity index (χ2n) is 6.51. The van der Waals surface area contributed by atoms with Gasteiger partial charge in [0.15, 0.2) is 5.69 Å². The van der Waals surface area contributed by atoms with E-state index < -0.39 is 0 Å². The van der Waals surface area contributed by atoms with Crippen LogP contribution in [0.1, 0.15) is 43.6 Å². The Morgan fingerprint density at radius 1 is 1.26 bits per heavy atom. The van der Waals surface area contributed by atoms with Gasteiger partial charge in [-0.1, -0.05) is 26.7 Å². The summed E-state index contributed by atoms with van der Waals surface area (Å²) in [5, 5.41) is 3.11. The molecule has 1 fully saturated rings. The quantitative estimate of drug-likeness (QED) is 0.850. The van der Waals surface area contributed by atoms with Crippen molar-refractivity contribution in [3.05, 3.63) is 36.2 Å². The molecular formula is C18H23N3O2. The highest BCUT2D eigenvalue weighted by molar-refractivity contribution is 5.92. The molecule has 0 spiro atoms. The lowest BCUT2D eigenvalue weighted by atomic mass is 9.78. The Hall–Kier alpha value is -2.30. The molecular weight excluding hydrogens is 290 g/mol. The Labute approximate surface area is 136 Å². The number of benzene rings is 1. The van der Waals surface area contributed by atoms with E-state index in [-0.39, 0.29) is 11.9 Å². The first-order valence-electron chi connectivity index (χ1n) is 8.17. The molecule has 0 bridgehead atoms. The lowest BCUT2D eigenvalue weighted by Crippen LogP contribution is -2.43. The van der Waals surface area contributed by atoms with Gasteiger partial charge in [0.2, 0.25) is 5.89 Å². The number of hydrogen-bond acceptors (Lipinski definition) is 4. The lowest BCUT2D eigenvalue weighted by Gasteiger charge is -2.34. The minimum absolute atomic E-state index is 0.165. The van der Waals surface area contributed by atoms with Crippen molar-refractivity contribution in [2.45, 2.75) is 39.2 Å². The highest BCUT2D eigenvalue weighted by atomic mass is 16.3. The van der Waals surface area contributed by atoms with Crippen LogP contribution in [0.15, 0.2) is 34.9 Å². The fraction of sp³-hybridized carbons (Fsp3) is 0.444. The van der Waals surface area contributed by atoms with Gasteiger partial charge in [0.1, 0.15) is 6.26 Å². The van der Waals surface area contributed by atoms with Crippen molar-refractivity contribution in [2.24, 2.45) is 11.8 Å². The van der Waals surface area contributed by atoms with Gasteiger partial charge in [-0.2, -0.15) is 0 Å². The van der Waals surface area contributed by atoms with Crippen LogP contribution in [0.2, 0.25) is 0 Å². The fourth-order valence-corrected chi connectivity index (χ4v) is 3.16. The van der Waals surface area contributed by atoms with Gasteiger partial charge in [0, 0.05) is 17.3 Å². The van der Waals surface area contributed by atoms with Crippen molar-refractivity contribution in [3.63, 3.8) is 0 Å². The third-order valence-electron chi connectivity index (χ3n) is 4.92. The second kappa shape index (κ2) is 6.44. The van der Waals surface area contributed by atoms with Gasteiger partial charge in [0.25, 0.3) is 5.91 Å². The van der Waals surface area contributed by atoms with E-state index in [1.807, 2.05) is 12.1 Å². The molecule has 3 rings (SSSR count). The number of carbonyl (C=O) groups excluding carboxylic acids is 1. The van der Waals surface area contributed by atoms with Crippen LogP contribution in [0.25, 0.3) is 11.5 Å². The van der Waals surface area contributed by atoms with E-state index in [4.69, 9.17) is 10.2 Å². The predicted molar refractivity (Wildman–Crippen MR) is 89.8 cm³/mol. The van der Waals surface area contributed by atoms with Crippen molar-refractivity contribution < 1.29 is 9.21 Å². The van der Waals surface area contributed by atoms with Crippen LogP contribution in [0.4, 0.5) is 5.69 Å². The molecule has 0 aliphatic heterocycles. The lowest BCUT2D eigenvalue weighted by molar-refractivity contribution is 0.0886. The van der Waals surface area contributed by atoms with Crippen molar-refractivity contribution >= 4 is 11.6 Å². The van der Waals surface area contributed by atoms with Crippen molar-refractivity contribution in [1.82, 2.24) is 10.3 Å². The SMILES string of the molecule is CC1CCCC(NC(=O)c2coc(-c3ccc(N)cc3)n2)C1C. The normalized spacial score (nSPS) is 24.3. The molecule has 3 unspecified atom stereocenters. The molecule has 1 aromatic heterocycles. The minimum atomic E-state index is -0.165. The first-order chi connectivity index (χ1) is 11.0. The molecule has 1 aliphatic rings. The van der Waals surface area contributed by atoms with Crippen LogP contribution in [-0.2, 0) is 0 Å². The van der Waals surface area contributed by atoms with Crippen LogP contribution in [0.5, 0.6) is 0 Å². The Morgan fingerprint density at radius 2 is 2.00 bits per heavy atom.